The molecule has 0 saturated carbocycles. The van der Waals surface area contributed by atoms with Crippen molar-refractivity contribution < 1.29 is 28.4 Å². The third-order valence-electron chi connectivity index (χ3n) is 4.09. The fourth-order valence-corrected chi connectivity index (χ4v) is 2.83. The molecule has 3 aromatic rings. The molecular formula is C19H15ClN2O7. The van der Waals surface area contributed by atoms with E-state index in [1.807, 2.05) is 0 Å². The van der Waals surface area contributed by atoms with E-state index < -0.39 is 23.4 Å². The van der Waals surface area contributed by atoms with Gasteiger partial charge in [0.25, 0.3) is 11.6 Å². The fourth-order valence-electron chi connectivity index (χ4n) is 2.67. The Morgan fingerprint density at radius 1 is 1.24 bits per heavy atom. The minimum Gasteiger partial charge on any atom is -0.497 e. The van der Waals surface area contributed by atoms with Crippen molar-refractivity contribution >= 4 is 45.8 Å². The summed E-state index contributed by atoms with van der Waals surface area (Å²) in [5.74, 6) is -1.03. The number of benzene rings is 2. The van der Waals surface area contributed by atoms with Crippen LogP contribution in [0, 0.1) is 17.0 Å². The van der Waals surface area contributed by atoms with Gasteiger partial charge in [-0.1, -0.05) is 11.6 Å². The molecule has 2 aromatic carbocycles. The topological polar surface area (TPSA) is 121 Å². The molecule has 29 heavy (non-hydrogen) atoms. The number of ether oxygens (including phenoxy) is 2. The van der Waals surface area contributed by atoms with Crippen LogP contribution in [-0.2, 0) is 9.53 Å². The van der Waals surface area contributed by atoms with Gasteiger partial charge < -0.3 is 19.2 Å². The van der Waals surface area contributed by atoms with Crippen LogP contribution in [0.25, 0.3) is 11.0 Å². The van der Waals surface area contributed by atoms with Gasteiger partial charge in [0.05, 0.1) is 12.0 Å². The van der Waals surface area contributed by atoms with Gasteiger partial charge >= 0.3 is 5.97 Å². The summed E-state index contributed by atoms with van der Waals surface area (Å²) in [5, 5.41) is 14.2. The molecular weight excluding hydrogens is 404 g/mol. The van der Waals surface area contributed by atoms with Gasteiger partial charge in [0.2, 0.25) is 5.76 Å². The van der Waals surface area contributed by atoms with Crippen molar-refractivity contribution in [2.45, 2.75) is 6.92 Å². The van der Waals surface area contributed by atoms with E-state index >= 15 is 0 Å². The maximum atomic E-state index is 12.3. The van der Waals surface area contributed by atoms with Crippen LogP contribution in [0.2, 0.25) is 5.02 Å². The Kier molecular flexibility index (Phi) is 5.69. The van der Waals surface area contributed by atoms with E-state index in [1.165, 1.54) is 19.2 Å². The zero-order valence-electron chi connectivity index (χ0n) is 15.4. The number of nitrogens with one attached hydrogen (secondary N) is 1. The zero-order valence-corrected chi connectivity index (χ0v) is 16.1. The Morgan fingerprint density at radius 2 is 2.00 bits per heavy atom. The first-order valence-electron chi connectivity index (χ1n) is 8.28. The summed E-state index contributed by atoms with van der Waals surface area (Å²) in [7, 11) is 1.52. The number of hydrogen-bond donors (Lipinski definition) is 1. The maximum absolute atomic E-state index is 12.3. The standard InChI is InChI=1S/C19H15ClN2O7/c1-10-13-8-12(27-2)4-6-16(13)29-18(10)19(24)28-9-17(23)21-14-5-3-11(20)7-15(14)22(25)26/h3-8H,9H2,1-2H3,(H,21,23). The molecule has 0 fully saturated rings. The number of carbonyl (C=O) groups excluding carboxylic acids is 2. The van der Waals surface area contributed by atoms with Crippen molar-refractivity contribution in [1.82, 2.24) is 0 Å². The van der Waals surface area contributed by atoms with Crippen LogP contribution in [0.15, 0.2) is 40.8 Å². The summed E-state index contributed by atoms with van der Waals surface area (Å²) in [4.78, 5) is 34.8. The van der Waals surface area contributed by atoms with Gasteiger partial charge in [-0.25, -0.2) is 4.79 Å². The van der Waals surface area contributed by atoms with E-state index in [0.717, 1.165) is 6.07 Å². The van der Waals surface area contributed by atoms with Crippen LogP contribution >= 0.6 is 11.6 Å². The highest BCUT2D eigenvalue weighted by atomic mass is 35.5. The molecule has 1 aromatic heterocycles. The molecule has 0 saturated heterocycles. The lowest BCUT2D eigenvalue weighted by Crippen LogP contribution is -2.21. The Balaban J connectivity index is 1.70. The Hall–Kier alpha value is -3.59. The first-order valence-corrected chi connectivity index (χ1v) is 8.66. The molecule has 0 radical (unpaired) electrons. The number of anilines is 1. The third-order valence-corrected chi connectivity index (χ3v) is 4.33. The van der Waals surface area contributed by atoms with Gasteiger partial charge in [-0.2, -0.15) is 0 Å². The summed E-state index contributed by atoms with van der Waals surface area (Å²) in [6.45, 7) is 1.03. The SMILES string of the molecule is COc1ccc2oc(C(=O)OCC(=O)Nc3ccc(Cl)cc3[N+](=O)[O-])c(C)c2c1. The fraction of sp³-hybridized carbons (Fsp3) is 0.158. The molecule has 150 valence electrons. The number of nitro benzene ring substituents is 1. The molecule has 0 aliphatic carbocycles. The number of nitrogens with zero attached hydrogens (tertiary/aromatic N) is 1. The minimum absolute atomic E-state index is 0.0430. The van der Waals surface area contributed by atoms with Gasteiger partial charge in [0.15, 0.2) is 6.61 Å². The van der Waals surface area contributed by atoms with Gasteiger partial charge in [0.1, 0.15) is 17.0 Å². The predicted octanol–water partition coefficient (Wildman–Crippen LogP) is 4.11. The van der Waals surface area contributed by atoms with E-state index in [1.54, 1.807) is 25.1 Å². The highest BCUT2D eigenvalue weighted by molar-refractivity contribution is 6.31. The minimum atomic E-state index is -0.835. The van der Waals surface area contributed by atoms with E-state index in [9.17, 15) is 19.7 Å². The molecule has 0 bridgehead atoms. The largest absolute Gasteiger partial charge is 0.497 e. The Bertz CT molecular complexity index is 1120. The molecule has 0 aliphatic heterocycles. The molecule has 1 N–H and O–H groups in total. The van der Waals surface area contributed by atoms with E-state index in [2.05, 4.69) is 5.32 Å². The number of carbonyl (C=O) groups is 2. The zero-order chi connectivity index (χ0) is 21.1. The van der Waals surface area contributed by atoms with Crippen LogP contribution in [0.1, 0.15) is 16.1 Å². The predicted molar refractivity (Wildman–Crippen MR) is 105 cm³/mol. The second-order valence-corrected chi connectivity index (χ2v) is 6.40. The summed E-state index contributed by atoms with van der Waals surface area (Å²) in [6.07, 6.45) is 0. The number of fused-ring (bicyclic) bond motifs is 1. The number of methoxy groups -OCH3 is 1. The van der Waals surface area contributed by atoms with Crippen molar-refractivity contribution in [3.63, 3.8) is 0 Å². The van der Waals surface area contributed by atoms with E-state index in [4.69, 9.17) is 25.5 Å². The van der Waals surface area contributed by atoms with Crippen LogP contribution < -0.4 is 10.1 Å². The van der Waals surface area contributed by atoms with Crippen LogP contribution in [0.4, 0.5) is 11.4 Å². The van der Waals surface area contributed by atoms with Crippen LogP contribution in [0.3, 0.4) is 0 Å². The average molecular weight is 419 g/mol. The van der Waals surface area contributed by atoms with Crippen molar-refractivity contribution in [3.05, 3.63) is 62.9 Å². The lowest BCUT2D eigenvalue weighted by Gasteiger charge is -2.07. The first-order chi connectivity index (χ1) is 13.8. The molecule has 3 rings (SSSR count). The van der Waals surface area contributed by atoms with Gasteiger partial charge in [-0.05, 0) is 37.3 Å². The van der Waals surface area contributed by atoms with Gasteiger partial charge in [-0.15, -0.1) is 0 Å². The lowest BCUT2D eigenvalue weighted by molar-refractivity contribution is -0.383. The maximum Gasteiger partial charge on any atom is 0.375 e. The summed E-state index contributed by atoms with van der Waals surface area (Å²) in [5.41, 5.74) is 0.570. The molecule has 0 atom stereocenters. The molecule has 9 nitrogen and oxygen atoms in total. The highest BCUT2D eigenvalue weighted by Crippen LogP contribution is 2.30. The monoisotopic (exact) mass is 418 g/mol. The number of hydrogen-bond acceptors (Lipinski definition) is 7. The van der Waals surface area contributed by atoms with Crippen molar-refractivity contribution in [2.75, 3.05) is 19.0 Å². The molecule has 1 heterocycles. The number of halogens is 1. The third kappa shape index (κ3) is 4.30. The number of furan rings is 1. The van der Waals surface area contributed by atoms with Crippen molar-refractivity contribution in [2.24, 2.45) is 0 Å². The number of esters is 1. The van der Waals surface area contributed by atoms with Crippen molar-refractivity contribution in [3.8, 4) is 5.75 Å². The van der Waals surface area contributed by atoms with E-state index in [0.29, 0.717) is 22.3 Å². The summed E-state index contributed by atoms with van der Waals surface area (Å²) in [6, 6.07) is 8.85. The van der Waals surface area contributed by atoms with Gasteiger partial charge in [0, 0.05) is 22.0 Å². The van der Waals surface area contributed by atoms with E-state index in [-0.39, 0.29) is 22.2 Å². The van der Waals surface area contributed by atoms with Crippen molar-refractivity contribution in [1.29, 1.82) is 0 Å². The number of amides is 1. The smallest absolute Gasteiger partial charge is 0.375 e. The second-order valence-electron chi connectivity index (χ2n) is 5.96. The van der Waals surface area contributed by atoms with Gasteiger partial charge in [-0.3, -0.25) is 14.9 Å². The molecule has 10 heteroatoms. The second kappa shape index (κ2) is 8.19. The Labute approximate surface area is 169 Å². The lowest BCUT2D eigenvalue weighted by atomic mass is 10.1. The average Bonchev–Trinajstić information content (AvgIpc) is 3.03. The first kappa shape index (κ1) is 20.2. The summed E-state index contributed by atoms with van der Waals surface area (Å²) < 4.78 is 15.6. The Morgan fingerprint density at radius 3 is 2.69 bits per heavy atom. The number of nitro groups is 1. The molecule has 0 spiro atoms. The molecule has 1 amide bonds. The normalized spacial score (nSPS) is 10.6. The molecule has 0 aliphatic rings. The molecule has 0 unspecified atom stereocenters. The highest BCUT2D eigenvalue weighted by Gasteiger charge is 2.22. The van der Waals surface area contributed by atoms with Crippen LogP contribution in [0.5, 0.6) is 5.75 Å². The summed E-state index contributed by atoms with van der Waals surface area (Å²) >= 11 is 5.73. The van der Waals surface area contributed by atoms with Crippen LogP contribution in [-0.4, -0.2) is 30.5 Å². The number of rotatable bonds is 6. The quantitative estimate of drug-likeness (QED) is 0.363. The number of aryl methyl sites for hydroxylation is 1.